The predicted molar refractivity (Wildman–Crippen MR) is 167 cm³/mol. The van der Waals surface area contributed by atoms with Crippen molar-refractivity contribution in [3.8, 4) is 11.5 Å². The Morgan fingerprint density at radius 2 is 1.39 bits per heavy atom. The van der Waals surface area contributed by atoms with Crippen LogP contribution in [0.1, 0.15) is 61.7 Å². The molecule has 41 heavy (non-hydrogen) atoms. The minimum atomic E-state index is -1.11. The molecule has 1 amide bonds. The maximum atomic E-state index is 14.4. The molecule has 3 aromatic carbocycles. The van der Waals surface area contributed by atoms with E-state index < -0.39 is 17.6 Å². The number of rotatable bonds is 10. The first-order chi connectivity index (χ1) is 19.9. The second-order valence-corrected chi connectivity index (χ2v) is 10.6. The van der Waals surface area contributed by atoms with Gasteiger partial charge in [-0.25, -0.2) is 4.79 Å². The molecular formula is C33H39N3O4S. The summed E-state index contributed by atoms with van der Waals surface area (Å²) in [7, 11) is 0. The fourth-order valence-electron chi connectivity index (χ4n) is 6.45. The second-order valence-electron chi connectivity index (χ2n) is 10.2. The first kappa shape index (κ1) is 28.9. The van der Waals surface area contributed by atoms with Crippen LogP contribution in [0.2, 0.25) is 0 Å². The highest BCUT2D eigenvalue weighted by Crippen LogP contribution is 2.59. The largest absolute Gasteiger partial charge is 0.464 e. The minimum absolute atomic E-state index is 0.112. The molecule has 0 N–H and O–H groups in total. The van der Waals surface area contributed by atoms with Crippen LogP contribution >= 0.6 is 12.6 Å². The summed E-state index contributed by atoms with van der Waals surface area (Å²) in [5, 5.41) is 0. The van der Waals surface area contributed by atoms with Crippen LogP contribution in [0.3, 0.4) is 0 Å². The van der Waals surface area contributed by atoms with E-state index in [1.54, 1.807) is 11.8 Å². The lowest BCUT2D eigenvalue weighted by molar-refractivity contribution is -0.148. The molecule has 0 bridgehead atoms. The highest BCUT2D eigenvalue weighted by atomic mass is 32.1. The zero-order chi connectivity index (χ0) is 29.3. The predicted octanol–water partition coefficient (Wildman–Crippen LogP) is 6.09. The fraction of sp³-hybridized carbons (Fsp3) is 0.394. The Bertz CT molecular complexity index is 1390. The van der Waals surface area contributed by atoms with Gasteiger partial charge >= 0.3 is 5.97 Å². The Kier molecular flexibility index (Phi) is 8.23. The number of ether oxygens (including phenoxy) is 2. The Morgan fingerprint density at radius 3 is 1.88 bits per heavy atom. The molecule has 7 nitrogen and oxygen atoms in total. The average molecular weight is 574 g/mol. The van der Waals surface area contributed by atoms with Gasteiger partial charge in [-0.2, -0.15) is 12.6 Å². The molecule has 0 fully saturated rings. The van der Waals surface area contributed by atoms with Crippen LogP contribution in [-0.2, 0) is 15.1 Å². The lowest BCUT2D eigenvalue weighted by atomic mass is 9.74. The van der Waals surface area contributed by atoms with Crippen molar-refractivity contribution in [2.75, 3.05) is 48.3 Å². The number of hydrogen-bond acceptors (Lipinski definition) is 7. The highest BCUT2D eigenvalue weighted by molar-refractivity contribution is 7.80. The Morgan fingerprint density at radius 1 is 0.854 bits per heavy atom. The molecule has 0 aromatic heterocycles. The quantitative estimate of drug-likeness (QED) is 0.234. The molecule has 1 spiro atoms. The Hall–Kier alpha value is -3.65. The van der Waals surface area contributed by atoms with E-state index in [1.165, 1.54) is 0 Å². The van der Waals surface area contributed by atoms with E-state index >= 15 is 0 Å². The molecular weight excluding hydrogens is 534 g/mol. The van der Waals surface area contributed by atoms with Gasteiger partial charge in [0.2, 0.25) is 0 Å². The molecule has 0 saturated heterocycles. The smallest absolute Gasteiger partial charge is 0.329 e. The van der Waals surface area contributed by atoms with Crippen molar-refractivity contribution in [2.45, 2.75) is 46.2 Å². The first-order valence-electron chi connectivity index (χ1n) is 14.6. The molecule has 216 valence electrons. The number of fused-ring (bicyclic) bond motifs is 6. The van der Waals surface area contributed by atoms with Crippen LogP contribution in [-0.4, -0.2) is 61.4 Å². The molecule has 2 aliphatic rings. The molecule has 1 atom stereocenters. The maximum absolute atomic E-state index is 14.4. The summed E-state index contributed by atoms with van der Waals surface area (Å²) in [4.78, 5) is 34.0. The molecule has 2 heterocycles. The molecule has 3 aromatic rings. The van der Waals surface area contributed by atoms with Crippen molar-refractivity contribution in [3.05, 3.63) is 82.9 Å². The summed E-state index contributed by atoms with van der Waals surface area (Å²) in [6, 6.07) is 19.1. The number of benzene rings is 3. The molecule has 0 unspecified atom stereocenters. The van der Waals surface area contributed by atoms with Gasteiger partial charge in [-0.1, -0.05) is 30.3 Å². The number of nitrogens with zero attached hydrogens (tertiary/aromatic N) is 3. The number of carbonyl (C=O) groups is 2. The van der Waals surface area contributed by atoms with Crippen LogP contribution < -0.4 is 14.5 Å². The van der Waals surface area contributed by atoms with Gasteiger partial charge in [0, 0.05) is 72.1 Å². The van der Waals surface area contributed by atoms with E-state index in [9.17, 15) is 9.59 Å². The standard InChI is InChI=1S/C33H39N3O4S/c1-6-34(7-2)22-15-17-26-29(19-22)40-30-20-23(35(8-3)9-4)16-18-27(30)33(26)25-14-12-11-13-24(25)31(37)36(33)28(21-41)32(38)39-10-5/h11-20,28,41H,6-10,21H2,1-5H3/t28-/m0/s1. The normalized spacial score (nSPS) is 15.1. The van der Waals surface area contributed by atoms with Gasteiger partial charge in [0.1, 0.15) is 23.1 Å². The summed E-state index contributed by atoms with van der Waals surface area (Å²) in [6.45, 7) is 13.9. The third-order valence-electron chi connectivity index (χ3n) is 8.36. The van der Waals surface area contributed by atoms with Crippen molar-refractivity contribution in [3.63, 3.8) is 0 Å². The van der Waals surface area contributed by atoms with Gasteiger partial charge in [0.05, 0.1) is 6.61 Å². The number of anilines is 2. The van der Waals surface area contributed by atoms with Crippen LogP contribution in [0, 0.1) is 0 Å². The summed E-state index contributed by atoms with van der Waals surface area (Å²) in [5.41, 5.74) is 3.96. The van der Waals surface area contributed by atoms with Crippen molar-refractivity contribution >= 4 is 35.9 Å². The fourth-order valence-corrected chi connectivity index (χ4v) is 6.76. The molecule has 0 aliphatic carbocycles. The number of thiol groups is 1. The highest BCUT2D eigenvalue weighted by Gasteiger charge is 2.59. The van der Waals surface area contributed by atoms with Crippen LogP contribution in [0.25, 0.3) is 0 Å². The van der Waals surface area contributed by atoms with E-state index in [2.05, 4.69) is 74.4 Å². The van der Waals surface area contributed by atoms with Crippen LogP contribution in [0.5, 0.6) is 11.5 Å². The van der Waals surface area contributed by atoms with E-state index in [0.717, 1.165) is 54.2 Å². The summed E-state index contributed by atoms with van der Waals surface area (Å²) < 4.78 is 12.2. The van der Waals surface area contributed by atoms with Crippen molar-refractivity contribution in [1.29, 1.82) is 0 Å². The third kappa shape index (κ3) is 4.43. The van der Waals surface area contributed by atoms with Gasteiger partial charge < -0.3 is 24.2 Å². The van der Waals surface area contributed by atoms with E-state index in [0.29, 0.717) is 17.1 Å². The van der Waals surface area contributed by atoms with E-state index in [-0.39, 0.29) is 18.3 Å². The summed E-state index contributed by atoms with van der Waals surface area (Å²) in [5.74, 6) is 0.731. The number of amides is 1. The van der Waals surface area contributed by atoms with Gasteiger partial charge in [-0.3, -0.25) is 4.79 Å². The van der Waals surface area contributed by atoms with Gasteiger partial charge in [-0.15, -0.1) is 0 Å². The van der Waals surface area contributed by atoms with Gasteiger partial charge in [0.15, 0.2) is 0 Å². The third-order valence-corrected chi connectivity index (χ3v) is 8.70. The Labute approximate surface area is 248 Å². The SMILES string of the molecule is CCOC(=O)[C@H](CS)N1C(=O)c2ccccc2C12c1ccc(N(CC)CC)cc1Oc1cc(N(CC)CC)ccc12. The minimum Gasteiger partial charge on any atom is -0.464 e. The van der Waals surface area contributed by atoms with Crippen molar-refractivity contribution in [1.82, 2.24) is 4.90 Å². The molecule has 0 radical (unpaired) electrons. The zero-order valence-electron chi connectivity index (χ0n) is 24.5. The molecule has 5 rings (SSSR count). The van der Waals surface area contributed by atoms with E-state index in [1.807, 2.05) is 36.4 Å². The topological polar surface area (TPSA) is 62.3 Å². The monoisotopic (exact) mass is 573 g/mol. The van der Waals surface area contributed by atoms with Gasteiger partial charge in [-0.05, 0) is 58.4 Å². The second kappa shape index (κ2) is 11.7. The number of carbonyl (C=O) groups excluding carboxylic acids is 2. The summed E-state index contributed by atoms with van der Waals surface area (Å²) >= 11 is 4.58. The average Bonchev–Trinajstić information content (AvgIpc) is 3.24. The summed E-state index contributed by atoms with van der Waals surface area (Å²) in [6.07, 6.45) is 0. The number of hydrogen-bond donors (Lipinski definition) is 1. The first-order valence-corrected chi connectivity index (χ1v) is 15.2. The van der Waals surface area contributed by atoms with Crippen LogP contribution in [0.15, 0.2) is 60.7 Å². The van der Waals surface area contributed by atoms with Gasteiger partial charge in [0.25, 0.3) is 5.91 Å². The zero-order valence-corrected chi connectivity index (χ0v) is 25.4. The van der Waals surface area contributed by atoms with E-state index in [4.69, 9.17) is 9.47 Å². The molecule has 8 heteroatoms. The lowest BCUT2D eigenvalue weighted by Gasteiger charge is -2.46. The number of esters is 1. The van der Waals surface area contributed by atoms with Crippen molar-refractivity contribution < 1.29 is 19.1 Å². The lowest BCUT2D eigenvalue weighted by Crippen LogP contribution is -2.56. The van der Waals surface area contributed by atoms with Crippen LogP contribution in [0.4, 0.5) is 11.4 Å². The molecule has 0 saturated carbocycles. The Balaban J connectivity index is 1.86. The van der Waals surface area contributed by atoms with Crippen molar-refractivity contribution in [2.24, 2.45) is 0 Å². The molecule has 2 aliphatic heterocycles. The maximum Gasteiger partial charge on any atom is 0.329 e.